The molecule has 0 fully saturated rings. The number of rotatable bonds is 4. The van der Waals surface area contributed by atoms with Gasteiger partial charge in [0, 0.05) is 16.3 Å². The maximum absolute atomic E-state index is 10.9. The van der Waals surface area contributed by atoms with Crippen molar-refractivity contribution in [1.82, 2.24) is 4.98 Å². The van der Waals surface area contributed by atoms with Gasteiger partial charge >= 0.3 is 0 Å². The van der Waals surface area contributed by atoms with Gasteiger partial charge in [-0.3, -0.25) is 4.79 Å². The van der Waals surface area contributed by atoms with Gasteiger partial charge in [0.1, 0.15) is 18.1 Å². The molecule has 0 aliphatic carbocycles. The number of ether oxygens (including phenoxy) is 1. The van der Waals surface area contributed by atoms with Crippen LogP contribution in [0.4, 0.5) is 0 Å². The zero-order chi connectivity index (χ0) is 13.8. The van der Waals surface area contributed by atoms with Gasteiger partial charge < -0.3 is 4.74 Å². The highest BCUT2D eigenvalue weighted by molar-refractivity contribution is 6.31. The minimum atomic E-state index is 0.309. The number of halogens is 1. The fraction of sp³-hybridized carbons (Fsp3) is 0.200. The highest BCUT2D eigenvalue weighted by atomic mass is 35.5. The number of pyridine rings is 1. The summed E-state index contributed by atoms with van der Waals surface area (Å²) in [5.41, 5.74) is 3.06. The van der Waals surface area contributed by atoms with Gasteiger partial charge in [0.25, 0.3) is 0 Å². The lowest BCUT2D eigenvalue weighted by molar-refractivity contribution is 0.111. The molecule has 0 amide bonds. The van der Waals surface area contributed by atoms with Crippen molar-refractivity contribution < 1.29 is 9.53 Å². The van der Waals surface area contributed by atoms with Gasteiger partial charge in [-0.1, -0.05) is 23.7 Å². The Kier molecular flexibility index (Phi) is 4.17. The first kappa shape index (κ1) is 13.6. The van der Waals surface area contributed by atoms with Gasteiger partial charge in [-0.25, -0.2) is 4.98 Å². The summed E-state index contributed by atoms with van der Waals surface area (Å²) in [6, 6.07) is 9.32. The van der Waals surface area contributed by atoms with E-state index in [0.717, 1.165) is 16.8 Å². The molecule has 1 aromatic carbocycles. The van der Waals surface area contributed by atoms with E-state index in [1.54, 1.807) is 12.1 Å². The van der Waals surface area contributed by atoms with Crippen molar-refractivity contribution in [2.24, 2.45) is 0 Å². The lowest BCUT2D eigenvalue weighted by Gasteiger charge is -2.10. The fourth-order valence-corrected chi connectivity index (χ4v) is 1.99. The molecule has 98 valence electrons. The van der Waals surface area contributed by atoms with Crippen molar-refractivity contribution in [3.63, 3.8) is 0 Å². The Morgan fingerprint density at radius 3 is 2.74 bits per heavy atom. The van der Waals surface area contributed by atoms with E-state index in [2.05, 4.69) is 4.98 Å². The molecule has 2 rings (SSSR count). The van der Waals surface area contributed by atoms with Gasteiger partial charge in [-0.2, -0.15) is 0 Å². The molecule has 0 saturated carbocycles. The molecule has 4 heteroatoms. The Morgan fingerprint density at radius 2 is 2.05 bits per heavy atom. The van der Waals surface area contributed by atoms with Crippen molar-refractivity contribution in [3.05, 3.63) is 57.9 Å². The van der Waals surface area contributed by atoms with Crippen LogP contribution in [0, 0.1) is 13.8 Å². The summed E-state index contributed by atoms with van der Waals surface area (Å²) in [4.78, 5) is 15.0. The molecule has 0 N–H and O–H groups in total. The smallest absolute Gasteiger partial charge is 0.172 e. The molecule has 0 bridgehead atoms. The summed E-state index contributed by atoms with van der Waals surface area (Å²) in [6.45, 7) is 4.11. The van der Waals surface area contributed by atoms with Gasteiger partial charge in [-0.15, -0.1) is 0 Å². The molecule has 2 aromatic rings. The van der Waals surface area contributed by atoms with Crippen LogP contribution in [-0.4, -0.2) is 11.3 Å². The topological polar surface area (TPSA) is 39.2 Å². The van der Waals surface area contributed by atoms with Gasteiger partial charge in [0.05, 0.1) is 0 Å². The van der Waals surface area contributed by atoms with E-state index in [1.165, 1.54) is 0 Å². The standard InChI is InChI=1S/C15H14ClNO2/c1-10-3-5-12(13(16)7-10)9-19-15-6-4-11(2)17-14(15)8-18/h3-8H,9H2,1-2H3. The lowest BCUT2D eigenvalue weighted by Crippen LogP contribution is -2.01. The van der Waals surface area contributed by atoms with Crippen LogP contribution in [0.2, 0.25) is 5.02 Å². The van der Waals surface area contributed by atoms with E-state index in [0.29, 0.717) is 29.4 Å². The van der Waals surface area contributed by atoms with Crippen molar-refractivity contribution >= 4 is 17.9 Å². The highest BCUT2D eigenvalue weighted by Crippen LogP contribution is 2.21. The number of hydrogen-bond acceptors (Lipinski definition) is 3. The quantitative estimate of drug-likeness (QED) is 0.798. The molecule has 0 radical (unpaired) electrons. The summed E-state index contributed by atoms with van der Waals surface area (Å²) in [7, 11) is 0. The number of benzene rings is 1. The van der Waals surface area contributed by atoms with E-state index >= 15 is 0 Å². The largest absolute Gasteiger partial charge is 0.486 e. The van der Waals surface area contributed by atoms with Crippen LogP contribution < -0.4 is 4.74 Å². The van der Waals surface area contributed by atoms with Crippen LogP contribution in [0.5, 0.6) is 5.75 Å². The van der Waals surface area contributed by atoms with E-state index < -0.39 is 0 Å². The number of aromatic nitrogens is 1. The molecule has 19 heavy (non-hydrogen) atoms. The van der Waals surface area contributed by atoms with E-state index in [4.69, 9.17) is 16.3 Å². The minimum Gasteiger partial charge on any atom is -0.486 e. The summed E-state index contributed by atoms with van der Waals surface area (Å²) >= 11 is 6.13. The molecular weight excluding hydrogens is 262 g/mol. The number of nitrogens with zero attached hydrogens (tertiary/aromatic N) is 1. The lowest BCUT2D eigenvalue weighted by atomic mass is 10.1. The SMILES string of the molecule is Cc1ccc(COc2ccc(C)nc2C=O)c(Cl)c1. The van der Waals surface area contributed by atoms with Gasteiger partial charge in [0.15, 0.2) is 6.29 Å². The molecule has 1 aromatic heterocycles. The predicted molar refractivity (Wildman–Crippen MR) is 74.9 cm³/mol. The van der Waals surface area contributed by atoms with Crippen LogP contribution in [-0.2, 0) is 6.61 Å². The second-order valence-corrected chi connectivity index (χ2v) is 4.74. The Labute approximate surface area is 117 Å². The van der Waals surface area contributed by atoms with Crippen LogP contribution in [0.25, 0.3) is 0 Å². The van der Waals surface area contributed by atoms with Crippen molar-refractivity contribution in [3.8, 4) is 5.75 Å². The summed E-state index contributed by atoms with van der Waals surface area (Å²) in [6.07, 6.45) is 0.694. The third kappa shape index (κ3) is 3.32. The Bertz CT molecular complexity index is 611. The van der Waals surface area contributed by atoms with Crippen molar-refractivity contribution in [2.45, 2.75) is 20.5 Å². The third-order valence-corrected chi connectivity index (χ3v) is 3.08. The number of hydrogen-bond donors (Lipinski definition) is 0. The average molecular weight is 276 g/mol. The third-order valence-electron chi connectivity index (χ3n) is 2.73. The first-order chi connectivity index (χ1) is 9.10. The molecule has 0 aliphatic heterocycles. The van der Waals surface area contributed by atoms with Crippen LogP contribution in [0.1, 0.15) is 27.3 Å². The fourth-order valence-electron chi connectivity index (χ4n) is 1.70. The molecule has 0 atom stereocenters. The zero-order valence-electron chi connectivity index (χ0n) is 10.8. The minimum absolute atomic E-state index is 0.309. The van der Waals surface area contributed by atoms with E-state index in [9.17, 15) is 4.79 Å². The maximum Gasteiger partial charge on any atom is 0.172 e. The zero-order valence-corrected chi connectivity index (χ0v) is 11.6. The monoisotopic (exact) mass is 275 g/mol. The first-order valence-corrected chi connectivity index (χ1v) is 6.28. The second kappa shape index (κ2) is 5.85. The second-order valence-electron chi connectivity index (χ2n) is 4.34. The van der Waals surface area contributed by atoms with E-state index in [-0.39, 0.29) is 0 Å². The average Bonchev–Trinajstić information content (AvgIpc) is 2.39. The summed E-state index contributed by atoms with van der Waals surface area (Å²) in [5, 5.41) is 0.660. The van der Waals surface area contributed by atoms with E-state index in [1.807, 2.05) is 32.0 Å². The van der Waals surface area contributed by atoms with Crippen LogP contribution >= 0.6 is 11.6 Å². The molecule has 3 nitrogen and oxygen atoms in total. The number of aldehydes is 1. The summed E-state index contributed by atoms with van der Waals surface area (Å²) in [5.74, 6) is 0.470. The first-order valence-electron chi connectivity index (χ1n) is 5.91. The Balaban J connectivity index is 2.16. The molecular formula is C15H14ClNO2. The van der Waals surface area contributed by atoms with Gasteiger partial charge in [-0.05, 0) is 37.6 Å². The molecule has 0 spiro atoms. The molecule has 0 saturated heterocycles. The highest BCUT2D eigenvalue weighted by Gasteiger charge is 2.07. The normalized spacial score (nSPS) is 10.3. The number of carbonyl (C=O) groups excluding carboxylic acids is 1. The molecule has 1 heterocycles. The summed E-state index contributed by atoms with van der Waals surface area (Å²) < 4.78 is 5.61. The Morgan fingerprint density at radius 1 is 1.26 bits per heavy atom. The Hall–Kier alpha value is -1.87. The number of carbonyl (C=O) groups is 1. The predicted octanol–water partition coefficient (Wildman–Crippen LogP) is 3.74. The van der Waals surface area contributed by atoms with Gasteiger partial charge in [0.2, 0.25) is 0 Å². The molecule has 0 aliphatic rings. The van der Waals surface area contributed by atoms with Crippen molar-refractivity contribution in [1.29, 1.82) is 0 Å². The molecule has 0 unspecified atom stereocenters. The number of aryl methyl sites for hydroxylation is 2. The maximum atomic E-state index is 10.9. The van der Waals surface area contributed by atoms with Crippen molar-refractivity contribution in [2.75, 3.05) is 0 Å². The van der Waals surface area contributed by atoms with Crippen LogP contribution in [0.3, 0.4) is 0 Å². The van der Waals surface area contributed by atoms with Crippen LogP contribution in [0.15, 0.2) is 30.3 Å².